The molecule has 16 heavy (non-hydrogen) atoms. The number of pyridine rings is 1. The molecule has 0 radical (unpaired) electrons. The van der Waals surface area contributed by atoms with Crippen molar-refractivity contribution in [2.45, 2.75) is 0 Å². The number of nitrogens with two attached hydrogens (primary N) is 1. The molecular formula is C12H8BrN3. The van der Waals surface area contributed by atoms with Crippen LogP contribution in [0.3, 0.4) is 0 Å². The molecular weight excluding hydrogens is 266 g/mol. The lowest BCUT2D eigenvalue weighted by Crippen LogP contribution is -1.97. The van der Waals surface area contributed by atoms with Crippen molar-refractivity contribution in [3.05, 3.63) is 46.6 Å². The second-order valence-electron chi connectivity index (χ2n) is 3.22. The second-order valence-corrected chi connectivity index (χ2v) is 4.07. The average molecular weight is 274 g/mol. The predicted octanol–water partition coefficient (Wildman–Crippen LogP) is 2.96. The van der Waals surface area contributed by atoms with Crippen molar-refractivity contribution in [3.8, 4) is 17.2 Å². The Balaban J connectivity index is 2.75. The maximum absolute atomic E-state index is 9.09. The molecule has 0 saturated heterocycles. The number of hydrogen-bond donors (Lipinski definition) is 1. The Morgan fingerprint density at radius 2 is 1.94 bits per heavy atom. The Morgan fingerprint density at radius 3 is 2.56 bits per heavy atom. The molecule has 0 unspecified atom stereocenters. The van der Waals surface area contributed by atoms with Gasteiger partial charge in [0.05, 0.1) is 0 Å². The first-order valence-corrected chi connectivity index (χ1v) is 5.43. The monoisotopic (exact) mass is 273 g/mol. The maximum Gasteiger partial charge on any atom is 0.142 e. The zero-order valence-electron chi connectivity index (χ0n) is 8.31. The van der Waals surface area contributed by atoms with Crippen LogP contribution < -0.4 is 5.73 Å². The first-order chi connectivity index (χ1) is 7.74. The van der Waals surface area contributed by atoms with Crippen LogP contribution in [-0.2, 0) is 0 Å². The molecule has 2 N–H and O–H groups in total. The number of rotatable bonds is 1. The fourth-order valence-corrected chi connectivity index (χ4v) is 2.03. The predicted molar refractivity (Wildman–Crippen MR) is 66.5 cm³/mol. The van der Waals surface area contributed by atoms with E-state index in [1.54, 1.807) is 6.20 Å². The SMILES string of the molecule is N#Cc1c(N)ncc(Br)c1-c1ccccc1. The molecule has 0 bridgehead atoms. The van der Waals surface area contributed by atoms with Gasteiger partial charge in [0.2, 0.25) is 0 Å². The highest BCUT2D eigenvalue weighted by molar-refractivity contribution is 9.10. The van der Waals surface area contributed by atoms with Gasteiger partial charge < -0.3 is 5.73 Å². The highest BCUT2D eigenvalue weighted by Crippen LogP contribution is 2.32. The Labute approximate surface area is 102 Å². The van der Waals surface area contributed by atoms with E-state index < -0.39 is 0 Å². The molecule has 2 rings (SSSR count). The number of aromatic nitrogens is 1. The fourth-order valence-electron chi connectivity index (χ4n) is 1.50. The summed E-state index contributed by atoms with van der Waals surface area (Å²) in [4.78, 5) is 3.94. The summed E-state index contributed by atoms with van der Waals surface area (Å²) in [5.74, 6) is 0.254. The third kappa shape index (κ3) is 1.77. The van der Waals surface area contributed by atoms with Crippen molar-refractivity contribution in [1.29, 1.82) is 5.26 Å². The van der Waals surface area contributed by atoms with Crippen molar-refractivity contribution >= 4 is 21.7 Å². The van der Waals surface area contributed by atoms with Crippen LogP contribution in [0.25, 0.3) is 11.1 Å². The minimum absolute atomic E-state index is 0.254. The molecule has 1 aromatic carbocycles. The molecule has 4 heteroatoms. The largest absolute Gasteiger partial charge is 0.383 e. The maximum atomic E-state index is 9.09. The minimum atomic E-state index is 0.254. The number of halogens is 1. The summed E-state index contributed by atoms with van der Waals surface area (Å²) in [6.07, 6.45) is 1.61. The molecule has 0 aliphatic carbocycles. The van der Waals surface area contributed by atoms with Gasteiger partial charge >= 0.3 is 0 Å². The van der Waals surface area contributed by atoms with Gasteiger partial charge in [-0.25, -0.2) is 4.98 Å². The van der Waals surface area contributed by atoms with E-state index in [0.717, 1.165) is 15.6 Å². The van der Waals surface area contributed by atoms with Crippen molar-refractivity contribution < 1.29 is 0 Å². The summed E-state index contributed by atoms with van der Waals surface area (Å²) >= 11 is 3.39. The van der Waals surface area contributed by atoms with Gasteiger partial charge in [-0.3, -0.25) is 0 Å². The van der Waals surface area contributed by atoms with Gasteiger partial charge in [-0.05, 0) is 21.5 Å². The molecule has 0 saturated carbocycles. The molecule has 0 aliphatic rings. The summed E-state index contributed by atoms with van der Waals surface area (Å²) in [5, 5.41) is 9.09. The van der Waals surface area contributed by atoms with Gasteiger partial charge in [-0.1, -0.05) is 30.3 Å². The van der Waals surface area contributed by atoms with Gasteiger partial charge in [-0.2, -0.15) is 5.26 Å². The van der Waals surface area contributed by atoms with E-state index >= 15 is 0 Å². The normalized spacial score (nSPS) is 9.75. The van der Waals surface area contributed by atoms with Gasteiger partial charge in [-0.15, -0.1) is 0 Å². The number of hydrogen-bond acceptors (Lipinski definition) is 3. The van der Waals surface area contributed by atoms with Crippen LogP contribution in [0, 0.1) is 11.3 Å². The molecule has 78 valence electrons. The van der Waals surface area contributed by atoms with E-state index in [1.165, 1.54) is 0 Å². The molecule has 0 spiro atoms. The third-order valence-electron chi connectivity index (χ3n) is 2.24. The number of nitrogen functional groups attached to an aromatic ring is 1. The molecule has 1 aromatic heterocycles. The van der Waals surface area contributed by atoms with Crippen LogP contribution in [0.5, 0.6) is 0 Å². The highest BCUT2D eigenvalue weighted by atomic mass is 79.9. The van der Waals surface area contributed by atoms with Crippen LogP contribution >= 0.6 is 15.9 Å². The molecule has 0 fully saturated rings. The minimum Gasteiger partial charge on any atom is -0.383 e. The van der Waals surface area contributed by atoms with E-state index in [0.29, 0.717) is 5.56 Å². The topological polar surface area (TPSA) is 62.7 Å². The Bertz CT molecular complexity index is 558. The Hall–Kier alpha value is -1.86. The Morgan fingerprint density at radius 1 is 1.25 bits per heavy atom. The van der Waals surface area contributed by atoms with E-state index in [4.69, 9.17) is 11.0 Å². The molecule has 0 atom stereocenters. The summed E-state index contributed by atoms with van der Waals surface area (Å²) < 4.78 is 0.768. The van der Waals surface area contributed by atoms with E-state index in [1.807, 2.05) is 30.3 Å². The zero-order valence-corrected chi connectivity index (χ0v) is 9.90. The van der Waals surface area contributed by atoms with Crippen LogP contribution in [0.4, 0.5) is 5.82 Å². The molecule has 3 nitrogen and oxygen atoms in total. The number of anilines is 1. The lowest BCUT2D eigenvalue weighted by Gasteiger charge is -2.08. The van der Waals surface area contributed by atoms with E-state index in [-0.39, 0.29) is 5.82 Å². The average Bonchev–Trinajstić information content (AvgIpc) is 2.33. The van der Waals surface area contributed by atoms with E-state index in [2.05, 4.69) is 27.0 Å². The quantitative estimate of drug-likeness (QED) is 0.869. The van der Waals surface area contributed by atoms with Crippen LogP contribution in [0.2, 0.25) is 0 Å². The van der Waals surface area contributed by atoms with Crippen molar-refractivity contribution in [2.24, 2.45) is 0 Å². The highest BCUT2D eigenvalue weighted by Gasteiger charge is 2.12. The van der Waals surface area contributed by atoms with Crippen molar-refractivity contribution in [3.63, 3.8) is 0 Å². The van der Waals surface area contributed by atoms with Crippen LogP contribution in [0.15, 0.2) is 41.0 Å². The molecule has 1 heterocycles. The third-order valence-corrected chi connectivity index (χ3v) is 2.84. The lowest BCUT2D eigenvalue weighted by molar-refractivity contribution is 1.29. The van der Waals surface area contributed by atoms with Gasteiger partial charge in [0.1, 0.15) is 17.5 Å². The van der Waals surface area contributed by atoms with Gasteiger partial charge in [0.15, 0.2) is 0 Å². The first kappa shape index (κ1) is 10.7. The van der Waals surface area contributed by atoms with Gasteiger partial charge in [0.25, 0.3) is 0 Å². The zero-order chi connectivity index (χ0) is 11.5. The summed E-state index contributed by atoms with van der Waals surface area (Å²) in [7, 11) is 0. The summed E-state index contributed by atoms with van der Waals surface area (Å²) in [6.45, 7) is 0. The van der Waals surface area contributed by atoms with Crippen molar-refractivity contribution in [1.82, 2.24) is 4.98 Å². The number of nitriles is 1. The van der Waals surface area contributed by atoms with E-state index in [9.17, 15) is 0 Å². The second kappa shape index (κ2) is 4.33. The standard InChI is InChI=1S/C12H8BrN3/c13-10-7-16-12(15)9(6-14)11(10)8-4-2-1-3-5-8/h1-5,7H,(H2,15,16). The fraction of sp³-hybridized carbons (Fsp3) is 0. The Kier molecular flexibility index (Phi) is 2.88. The first-order valence-electron chi connectivity index (χ1n) is 4.63. The summed E-state index contributed by atoms with van der Waals surface area (Å²) in [5.41, 5.74) is 7.82. The van der Waals surface area contributed by atoms with Crippen molar-refractivity contribution in [2.75, 3.05) is 5.73 Å². The number of benzene rings is 1. The molecule has 0 amide bonds. The molecule has 2 aromatic rings. The van der Waals surface area contributed by atoms with Crippen LogP contribution in [-0.4, -0.2) is 4.98 Å². The smallest absolute Gasteiger partial charge is 0.142 e. The number of nitrogens with zero attached hydrogens (tertiary/aromatic N) is 2. The van der Waals surface area contributed by atoms with Gasteiger partial charge in [0, 0.05) is 16.2 Å². The molecule has 0 aliphatic heterocycles. The summed E-state index contributed by atoms with van der Waals surface area (Å²) in [6, 6.07) is 11.7. The lowest BCUT2D eigenvalue weighted by atomic mass is 10.0. The van der Waals surface area contributed by atoms with Crippen LogP contribution in [0.1, 0.15) is 5.56 Å².